The fourth-order valence-electron chi connectivity index (χ4n) is 4.30. The van der Waals surface area contributed by atoms with E-state index in [1.165, 1.54) is 0 Å². The van der Waals surface area contributed by atoms with Gasteiger partial charge in [-0.2, -0.15) is 0 Å². The summed E-state index contributed by atoms with van der Waals surface area (Å²) >= 11 is 12.7. The lowest BCUT2D eigenvalue weighted by atomic mass is 9.90. The molecule has 7 heteroatoms. The Morgan fingerprint density at radius 3 is 3.03 bits per heavy atom. The standard InChI is InChI=1S/C23H25Cl2NO4/c24-16-3-5-21-19(11-16)18(20-12-17(25)4-6-22(20)30-14-29-21)2-1-8-26-9-7-15(13-26)10-23(27)28/h2-3,5-6,11-12,15,17H,1,4,7-10,13-14H2,(H,27,28). The van der Waals surface area contributed by atoms with E-state index in [1.807, 2.05) is 30.4 Å². The van der Waals surface area contributed by atoms with Gasteiger partial charge >= 0.3 is 5.97 Å². The zero-order valence-electron chi connectivity index (χ0n) is 16.7. The molecule has 1 fully saturated rings. The number of carbonyl (C=O) groups is 1. The molecule has 1 aliphatic carbocycles. The third kappa shape index (κ3) is 5.02. The fourth-order valence-corrected chi connectivity index (χ4v) is 4.69. The first-order valence-corrected chi connectivity index (χ1v) is 11.1. The van der Waals surface area contributed by atoms with Crippen LogP contribution in [0.3, 0.4) is 0 Å². The average Bonchev–Trinajstić information content (AvgIpc) is 3.13. The van der Waals surface area contributed by atoms with Gasteiger partial charge in [-0.1, -0.05) is 23.8 Å². The molecule has 2 atom stereocenters. The van der Waals surface area contributed by atoms with Crippen LogP contribution in [-0.4, -0.2) is 47.8 Å². The minimum atomic E-state index is -0.717. The number of carboxylic acid groups (broad SMARTS) is 1. The van der Waals surface area contributed by atoms with E-state index in [0.29, 0.717) is 5.02 Å². The van der Waals surface area contributed by atoms with Gasteiger partial charge in [0.1, 0.15) is 11.5 Å². The molecule has 1 N–H and O–H groups in total. The van der Waals surface area contributed by atoms with Crippen LogP contribution in [0.2, 0.25) is 5.02 Å². The molecule has 0 radical (unpaired) electrons. The Labute approximate surface area is 186 Å². The van der Waals surface area contributed by atoms with E-state index in [4.69, 9.17) is 37.8 Å². The van der Waals surface area contributed by atoms with Crippen molar-refractivity contribution in [2.45, 2.75) is 31.1 Å². The number of nitrogens with zero attached hydrogens (tertiary/aromatic N) is 1. The van der Waals surface area contributed by atoms with Gasteiger partial charge in [0, 0.05) is 35.7 Å². The quantitative estimate of drug-likeness (QED) is 0.633. The van der Waals surface area contributed by atoms with E-state index in [-0.39, 0.29) is 24.5 Å². The van der Waals surface area contributed by atoms with E-state index < -0.39 is 5.97 Å². The summed E-state index contributed by atoms with van der Waals surface area (Å²) in [6.45, 7) is 2.78. The van der Waals surface area contributed by atoms with Crippen molar-refractivity contribution in [3.05, 3.63) is 58.3 Å². The molecule has 0 bridgehead atoms. The lowest BCUT2D eigenvalue weighted by molar-refractivity contribution is -0.138. The average molecular weight is 450 g/mol. The number of allylic oxidation sites excluding steroid dienone is 3. The second-order valence-electron chi connectivity index (χ2n) is 7.91. The largest absolute Gasteiger partial charge is 0.481 e. The van der Waals surface area contributed by atoms with Crippen LogP contribution in [-0.2, 0) is 9.53 Å². The monoisotopic (exact) mass is 449 g/mol. The maximum Gasteiger partial charge on any atom is 0.303 e. The van der Waals surface area contributed by atoms with Crippen molar-refractivity contribution >= 4 is 34.7 Å². The van der Waals surface area contributed by atoms with E-state index in [2.05, 4.69) is 11.0 Å². The van der Waals surface area contributed by atoms with Crippen LogP contribution in [0.5, 0.6) is 5.75 Å². The first-order valence-electron chi connectivity index (χ1n) is 10.3. The van der Waals surface area contributed by atoms with Crippen LogP contribution in [0.15, 0.2) is 47.8 Å². The summed E-state index contributed by atoms with van der Waals surface area (Å²) in [5.41, 5.74) is 2.90. The van der Waals surface area contributed by atoms with Crippen LogP contribution in [0, 0.1) is 5.92 Å². The predicted octanol–water partition coefficient (Wildman–Crippen LogP) is 5.10. The Kier molecular flexibility index (Phi) is 6.71. The van der Waals surface area contributed by atoms with Gasteiger partial charge in [-0.25, -0.2) is 0 Å². The summed E-state index contributed by atoms with van der Waals surface area (Å²) in [4.78, 5) is 13.3. The van der Waals surface area contributed by atoms with Gasteiger partial charge in [0.05, 0.1) is 5.38 Å². The molecular weight excluding hydrogens is 425 g/mol. The Morgan fingerprint density at radius 2 is 2.20 bits per heavy atom. The van der Waals surface area contributed by atoms with Crippen LogP contribution in [0.4, 0.5) is 0 Å². The Morgan fingerprint density at radius 1 is 1.33 bits per heavy atom. The molecule has 160 valence electrons. The smallest absolute Gasteiger partial charge is 0.303 e. The molecule has 2 aliphatic heterocycles. The predicted molar refractivity (Wildman–Crippen MR) is 118 cm³/mol. The molecule has 0 aromatic heterocycles. The zero-order valence-corrected chi connectivity index (χ0v) is 18.2. The number of hydrogen-bond donors (Lipinski definition) is 1. The van der Waals surface area contributed by atoms with Crippen molar-refractivity contribution in [1.29, 1.82) is 0 Å². The molecule has 30 heavy (non-hydrogen) atoms. The van der Waals surface area contributed by atoms with E-state index in [1.54, 1.807) is 0 Å². The lowest BCUT2D eigenvalue weighted by Crippen LogP contribution is -2.22. The van der Waals surface area contributed by atoms with E-state index in [9.17, 15) is 4.79 Å². The number of likely N-dealkylation sites (tertiary alicyclic amines) is 1. The highest BCUT2D eigenvalue weighted by Crippen LogP contribution is 2.41. The first kappa shape index (κ1) is 21.3. The molecule has 2 heterocycles. The van der Waals surface area contributed by atoms with Gasteiger partial charge in [0.15, 0.2) is 0 Å². The van der Waals surface area contributed by atoms with Crippen molar-refractivity contribution in [1.82, 2.24) is 4.90 Å². The van der Waals surface area contributed by atoms with Crippen molar-refractivity contribution in [2.75, 3.05) is 26.4 Å². The van der Waals surface area contributed by atoms with Gasteiger partial charge in [-0.05, 0) is 61.6 Å². The number of rotatable bonds is 5. The highest BCUT2D eigenvalue weighted by atomic mass is 35.5. The third-order valence-electron chi connectivity index (χ3n) is 5.72. The van der Waals surface area contributed by atoms with E-state index >= 15 is 0 Å². The SMILES string of the molecule is O=C(O)CC1CCN(CCC=C2C3=CC(Cl)CC=C3OCOc3ccc(Cl)cc32)C1. The molecule has 1 saturated heterocycles. The van der Waals surface area contributed by atoms with Crippen LogP contribution < -0.4 is 4.74 Å². The maximum absolute atomic E-state index is 11.0. The number of benzene rings is 1. The zero-order chi connectivity index (χ0) is 21.1. The normalized spacial score (nSPS) is 25.2. The summed E-state index contributed by atoms with van der Waals surface area (Å²) in [6, 6.07) is 5.59. The van der Waals surface area contributed by atoms with Gasteiger partial charge in [-0.3, -0.25) is 4.79 Å². The second-order valence-corrected chi connectivity index (χ2v) is 8.90. The second kappa shape index (κ2) is 9.46. The summed E-state index contributed by atoms with van der Waals surface area (Å²) in [5.74, 6) is 1.04. The van der Waals surface area contributed by atoms with Gasteiger partial charge in [0.2, 0.25) is 6.79 Å². The maximum atomic E-state index is 11.0. The number of ether oxygens (including phenoxy) is 2. The number of hydrogen-bond acceptors (Lipinski definition) is 4. The summed E-state index contributed by atoms with van der Waals surface area (Å²) in [6.07, 6.45) is 8.96. The highest BCUT2D eigenvalue weighted by molar-refractivity contribution is 6.30. The van der Waals surface area contributed by atoms with Crippen molar-refractivity contribution < 1.29 is 19.4 Å². The van der Waals surface area contributed by atoms with Crippen molar-refractivity contribution in [3.8, 4) is 5.75 Å². The minimum absolute atomic E-state index is 0.0888. The van der Waals surface area contributed by atoms with E-state index in [0.717, 1.165) is 67.1 Å². The molecule has 0 amide bonds. The highest BCUT2D eigenvalue weighted by Gasteiger charge is 2.26. The number of fused-ring (bicyclic) bond motifs is 2. The molecule has 1 aromatic carbocycles. The number of halogens is 2. The first-order chi connectivity index (χ1) is 14.5. The lowest BCUT2D eigenvalue weighted by Gasteiger charge is -2.26. The van der Waals surface area contributed by atoms with Crippen LogP contribution in [0.25, 0.3) is 5.57 Å². The van der Waals surface area contributed by atoms with Gasteiger partial charge < -0.3 is 19.5 Å². The number of aliphatic carboxylic acids is 1. The van der Waals surface area contributed by atoms with Crippen molar-refractivity contribution in [3.63, 3.8) is 0 Å². The van der Waals surface area contributed by atoms with Crippen molar-refractivity contribution in [2.24, 2.45) is 5.92 Å². The summed E-state index contributed by atoms with van der Waals surface area (Å²) in [7, 11) is 0. The Bertz CT molecular complexity index is 908. The molecule has 2 unspecified atom stereocenters. The minimum Gasteiger partial charge on any atom is -0.481 e. The number of alkyl halides is 1. The van der Waals surface area contributed by atoms with Gasteiger partial charge in [-0.15, -0.1) is 11.6 Å². The Hall–Kier alpha value is -1.95. The molecule has 4 rings (SSSR count). The molecule has 0 spiro atoms. The molecule has 1 aromatic rings. The Balaban J connectivity index is 1.57. The molecule has 3 aliphatic rings. The fraction of sp³-hybridized carbons (Fsp3) is 0.435. The molecular formula is C23H25Cl2NO4. The summed E-state index contributed by atoms with van der Waals surface area (Å²) in [5, 5.41) is 9.57. The number of carboxylic acids is 1. The topological polar surface area (TPSA) is 59.0 Å². The van der Waals surface area contributed by atoms with Crippen LogP contribution in [0.1, 0.15) is 31.2 Å². The molecule has 5 nitrogen and oxygen atoms in total. The molecule has 0 saturated carbocycles. The summed E-state index contributed by atoms with van der Waals surface area (Å²) < 4.78 is 11.7. The van der Waals surface area contributed by atoms with Crippen LogP contribution >= 0.6 is 23.2 Å². The van der Waals surface area contributed by atoms with Gasteiger partial charge in [0.25, 0.3) is 0 Å². The third-order valence-corrected chi connectivity index (χ3v) is 6.26.